The average molecular weight is 413 g/mol. The van der Waals surface area contributed by atoms with E-state index in [1.54, 1.807) is 0 Å². The lowest BCUT2D eigenvalue weighted by atomic mass is 9.95. The van der Waals surface area contributed by atoms with Gasteiger partial charge in [0.2, 0.25) is 0 Å². The van der Waals surface area contributed by atoms with E-state index in [-0.39, 0.29) is 30.0 Å². The van der Waals surface area contributed by atoms with Crippen LogP contribution in [0.15, 0.2) is 41.4 Å². The standard InChI is InChI=1S/C17H23N3O.HI/c18-17(19-12-13-6-2-1-3-7-13)20-15-10-11-21-16-9-5-4-8-14(15)16;/h1-2,4-5,8-9,13,15H,3,6-7,10-12H2,(H3,18,19,20);1H. The van der Waals surface area contributed by atoms with Crippen molar-refractivity contribution in [1.29, 1.82) is 0 Å². The quantitative estimate of drug-likeness (QED) is 0.346. The summed E-state index contributed by atoms with van der Waals surface area (Å²) in [6, 6.07) is 8.32. The van der Waals surface area contributed by atoms with Crippen LogP contribution in [0.5, 0.6) is 5.75 Å². The molecule has 3 rings (SSSR count). The lowest BCUT2D eigenvalue weighted by Gasteiger charge is -2.27. The Hall–Kier alpha value is -1.24. The molecule has 0 radical (unpaired) electrons. The number of rotatable bonds is 3. The topological polar surface area (TPSA) is 59.6 Å². The van der Waals surface area contributed by atoms with Crippen LogP contribution in [-0.4, -0.2) is 19.1 Å². The second-order valence-corrected chi connectivity index (χ2v) is 5.75. The van der Waals surface area contributed by atoms with Crippen molar-refractivity contribution in [3.05, 3.63) is 42.0 Å². The number of aliphatic imine (C=N–C) groups is 1. The minimum Gasteiger partial charge on any atom is -0.493 e. The van der Waals surface area contributed by atoms with E-state index in [0.717, 1.165) is 31.7 Å². The van der Waals surface area contributed by atoms with Crippen molar-refractivity contribution in [3.8, 4) is 5.75 Å². The summed E-state index contributed by atoms with van der Waals surface area (Å²) >= 11 is 0. The first-order valence-electron chi connectivity index (χ1n) is 7.76. The summed E-state index contributed by atoms with van der Waals surface area (Å²) in [5.41, 5.74) is 7.23. The maximum absolute atomic E-state index is 6.06. The summed E-state index contributed by atoms with van der Waals surface area (Å²) in [4.78, 5) is 4.52. The van der Waals surface area contributed by atoms with Gasteiger partial charge in [-0.2, -0.15) is 0 Å². The van der Waals surface area contributed by atoms with Crippen molar-refractivity contribution in [1.82, 2.24) is 5.32 Å². The van der Waals surface area contributed by atoms with E-state index in [1.165, 1.54) is 18.4 Å². The van der Waals surface area contributed by atoms with E-state index in [2.05, 4.69) is 28.5 Å². The van der Waals surface area contributed by atoms with Crippen LogP contribution in [0.1, 0.15) is 37.3 Å². The number of allylic oxidation sites excluding steroid dienone is 2. The Morgan fingerprint density at radius 2 is 2.14 bits per heavy atom. The first kappa shape index (κ1) is 17.1. The van der Waals surface area contributed by atoms with E-state index in [0.29, 0.717) is 11.9 Å². The second kappa shape index (κ2) is 8.41. The third-order valence-electron chi connectivity index (χ3n) is 4.18. The molecule has 120 valence electrons. The van der Waals surface area contributed by atoms with Gasteiger partial charge in [0, 0.05) is 18.5 Å². The van der Waals surface area contributed by atoms with Gasteiger partial charge in [-0.15, -0.1) is 24.0 Å². The maximum atomic E-state index is 6.06. The number of hydrogen-bond acceptors (Lipinski definition) is 2. The zero-order valence-electron chi connectivity index (χ0n) is 12.7. The number of para-hydroxylation sites is 1. The fourth-order valence-electron chi connectivity index (χ4n) is 2.97. The summed E-state index contributed by atoms with van der Waals surface area (Å²) in [5.74, 6) is 2.13. The van der Waals surface area contributed by atoms with Gasteiger partial charge in [-0.1, -0.05) is 30.4 Å². The predicted molar refractivity (Wildman–Crippen MR) is 101 cm³/mol. The van der Waals surface area contributed by atoms with Crippen molar-refractivity contribution in [2.45, 2.75) is 31.7 Å². The van der Waals surface area contributed by atoms with Crippen LogP contribution in [0.2, 0.25) is 0 Å². The van der Waals surface area contributed by atoms with Crippen molar-refractivity contribution in [3.63, 3.8) is 0 Å². The molecular weight excluding hydrogens is 389 g/mol. The monoisotopic (exact) mass is 413 g/mol. The zero-order chi connectivity index (χ0) is 14.5. The third-order valence-corrected chi connectivity index (χ3v) is 4.18. The number of nitrogens with zero attached hydrogens (tertiary/aromatic N) is 1. The van der Waals surface area contributed by atoms with E-state index in [4.69, 9.17) is 10.5 Å². The van der Waals surface area contributed by atoms with E-state index >= 15 is 0 Å². The summed E-state index contributed by atoms with van der Waals surface area (Å²) in [6.07, 6.45) is 8.92. The molecule has 0 spiro atoms. The number of ether oxygens (including phenoxy) is 1. The summed E-state index contributed by atoms with van der Waals surface area (Å²) < 4.78 is 5.66. The highest BCUT2D eigenvalue weighted by Gasteiger charge is 2.21. The van der Waals surface area contributed by atoms with Gasteiger partial charge in [-0.05, 0) is 31.2 Å². The van der Waals surface area contributed by atoms with Gasteiger partial charge < -0.3 is 15.8 Å². The fraction of sp³-hybridized carbons (Fsp3) is 0.471. The first-order valence-corrected chi connectivity index (χ1v) is 7.76. The Kier molecular flexibility index (Phi) is 6.54. The molecule has 2 unspecified atom stereocenters. The number of hydrogen-bond donors (Lipinski definition) is 2. The van der Waals surface area contributed by atoms with Gasteiger partial charge in [0.1, 0.15) is 5.75 Å². The van der Waals surface area contributed by atoms with E-state index in [9.17, 15) is 0 Å². The van der Waals surface area contributed by atoms with Crippen molar-refractivity contribution in [2.75, 3.05) is 13.2 Å². The second-order valence-electron chi connectivity index (χ2n) is 5.75. The summed E-state index contributed by atoms with van der Waals surface area (Å²) in [7, 11) is 0. The Morgan fingerprint density at radius 1 is 1.27 bits per heavy atom. The predicted octanol–water partition coefficient (Wildman–Crippen LogP) is 3.39. The maximum Gasteiger partial charge on any atom is 0.189 e. The molecule has 0 aromatic heterocycles. The Morgan fingerprint density at radius 3 is 2.95 bits per heavy atom. The highest BCUT2D eigenvalue weighted by Crippen LogP contribution is 2.31. The van der Waals surface area contributed by atoms with E-state index < -0.39 is 0 Å². The SMILES string of the molecule is I.NC(=NCC1CC=CCC1)NC1CCOc2ccccc21. The molecule has 5 heteroatoms. The van der Waals surface area contributed by atoms with E-state index in [1.807, 2.05) is 18.2 Å². The lowest BCUT2D eigenvalue weighted by Crippen LogP contribution is -2.37. The molecule has 0 amide bonds. The first-order chi connectivity index (χ1) is 10.3. The van der Waals surface area contributed by atoms with Crippen molar-refractivity contribution >= 4 is 29.9 Å². The van der Waals surface area contributed by atoms with Crippen LogP contribution in [0.3, 0.4) is 0 Å². The smallest absolute Gasteiger partial charge is 0.189 e. The number of nitrogens with one attached hydrogen (secondary N) is 1. The molecule has 4 nitrogen and oxygen atoms in total. The molecule has 0 fully saturated rings. The Balaban J connectivity index is 0.00000176. The number of benzene rings is 1. The van der Waals surface area contributed by atoms with Gasteiger partial charge >= 0.3 is 0 Å². The molecule has 0 saturated heterocycles. The molecule has 1 heterocycles. The van der Waals surface area contributed by atoms with Crippen LogP contribution in [0.25, 0.3) is 0 Å². The normalized spacial score (nSPS) is 23.9. The summed E-state index contributed by atoms with van der Waals surface area (Å²) in [6.45, 7) is 1.53. The molecular formula is C17H24IN3O. The van der Waals surface area contributed by atoms with Crippen LogP contribution in [-0.2, 0) is 0 Å². The Bertz CT molecular complexity index is 544. The number of nitrogens with two attached hydrogens (primary N) is 1. The molecule has 1 aromatic rings. The van der Waals surface area contributed by atoms with Gasteiger partial charge in [-0.3, -0.25) is 4.99 Å². The average Bonchev–Trinajstić information content (AvgIpc) is 2.54. The van der Waals surface area contributed by atoms with Gasteiger partial charge in [0.15, 0.2) is 5.96 Å². The van der Waals surface area contributed by atoms with Gasteiger partial charge in [-0.25, -0.2) is 0 Å². The largest absolute Gasteiger partial charge is 0.493 e. The molecule has 1 aliphatic carbocycles. The summed E-state index contributed by atoms with van der Waals surface area (Å²) in [5, 5.41) is 3.34. The number of fused-ring (bicyclic) bond motifs is 1. The molecule has 1 aliphatic heterocycles. The molecule has 2 atom stereocenters. The van der Waals surface area contributed by atoms with Crippen LogP contribution < -0.4 is 15.8 Å². The van der Waals surface area contributed by atoms with Crippen LogP contribution in [0, 0.1) is 5.92 Å². The van der Waals surface area contributed by atoms with Crippen LogP contribution in [0.4, 0.5) is 0 Å². The molecule has 0 bridgehead atoms. The highest BCUT2D eigenvalue weighted by atomic mass is 127. The molecule has 2 aliphatic rings. The van der Waals surface area contributed by atoms with Gasteiger partial charge in [0.05, 0.1) is 12.6 Å². The molecule has 3 N–H and O–H groups in total. The third kappa shape index (κ3) is 4.38. The zero-order valence-corrected chi connectivity index (χ0v) is 15.0. The Labute approximate surface area is 149 Å². The van der Waals surface area contributed by atoms with Crippen molar-refractivity contribution < 1.29 is 4.74 Å². The lowest BCUT2D eigenvalue weighted by molar-refractivity contribution is 0.262. The molecule has 1 aromatic carbocycles. The number of guanidine groups is 1. The van der Waals surface area contributed by atoms with Crippen molar-refractivity contribution in [2.24, 2.45) is 16.6 Å². The van der Waals surface area contributed by atoms with Crippen LogP contribution >= 0.6 is 24.0 Å². The number of halogens is 1. The highest BCUT2D eigenvalue weighted by molar-refractivity contribution is 14.0. The molecule has 22 heavy (non-hydrogen) atoms. The molecule has 0 saturated carbocycles. The minimum atomic E-state index is 0. The fourth-order valence-corrected chi connectivity index (χ4v) is 2.97. The van der Waals surface area contributed by atoms with Gasteiger partial charge in [0.25, 0.3) is 0 Å². The minimum absolute atomic E-state index is 0.